The molecule has 0 saturated heterocycles. The van der Waals surface area contributed by atoms with Crippen LogP contribution in [0.25, 0.3) is 0 Å². The minimum Gasteiger partial charge on any atom is -0.307 e. The third-order valence-electron chi connectivity index (χ3n) is 2.96. The molecule has 0 fully saturated rings. The van der Waals surface area contributed by atoms with Crippen LogP contribution in [0.15, 0.2) is 24.3 Å². The Balaban J connectivity index is 2.43. The SMILES string of the molecule is CCCCCNC(C)C(=O)c1ccc(C)cc1. The second-order valence-corrected chi connectivity index (χ2v) is 4.61. The number of Topliss-reactive ketones (excluding diaryl/α,β-unsaturated/α-hetero) is 1. The van der Waals surface area contributed by atoms with Gasteiger partial charge in [0.05, 0.1) is 6.04 Å². The fourth-order valence-corrected chi connectivity index (χ4v) is 1.75. The lowest BCUT2D eigenvalue weighted by atomic mass is 10.0. The van der Waals surface area contributed by atoms with Crippen LogP contribution in [0.4, 0.5) is 0 Å². The number of benzene rings is 1. The first kappa shape index (κ1) is 13.9. The lowest BCUT2D eigenvalue weighted by molar-refractivity contribution is 0.0951. The van der Waals surface area contributed by atoms with Gasteiger partial charge in [0.25, 0.3) is 0 Å². The molecule has 2 heteroatoms. The van der Waals surface area contributed by atoms with Crippen LogP contribution < -0.4 is 5.32 Å². The Morgan fingerprint density at radius 1 is 1.24 bits per heavy atom. The van der Waals surface area contributed by atoms with E-state index in [9.17, 15) is 4.79 Å². The van der Waals surface area contributed by atoms with Gasteiger partial charge in [-0.25, -0.2) is 0 Å². The van der Waals surface area contributed by atoms with E-state index in [0.717, 1.165) is 18.5 Å². The molecule has 0 aliphatic rings. The number of rotatable bonds is 7. The summed E-state index contributed by atoms with van der Waals surface area (Å²) in [6.45, 7) is 7.07. The Hall–Kier alpha value is -1.15. The van der Waals surface area contributed by atoms with Gasteiger partial charge in [-0.15, -0.1) is 0 Å². The molecule has 0 spiro atoms. The van der Waals surface area contributed by atoms with Crippen LogP contribution in [0.1, 0.15) is 49.0 Å². The highest BCUT2D eigenvalue weighted by molar-refractivity contribution is 5.99. The molecule has 1 unspecified atom stereocenters. The zero-order valence-corrected chi connectivity index (χ0v) is 11.1. The van der Waals surface area contributed by atoms with Crippen molar-refractivity contribution < 1.29 is 4.79 Å². The fourth-order valence-electron chi connectivity index (χ4n) is 1.75. The van der Waals surface area contributed by atoms with Crippen LogP contribution in [0.5, 0.6) is 0 Å². The average molecular weight is 233 g/mol. The van der Waals surface area contributed by atoms with Gasteiger partial charge >= 0.3 is 0 Å². The van der Waals surface area contributed by atoms with Crippen molar-refractivity contribution in [3.05, 3.63) is 35.4 Å². The topological polar surface area (TPSA) is 29.1 Å². The predicted octanol–water partition coefficient (Wildman–Crippen LogP) is 3.35. The highest BCUT2D eigenvalue weighted by Crippen LogP contribution is 2.06. The van der Waals surface area contributed by atoms with E-state index in [0.29, 0.717) is 0 Å². The Bertz CT molecular complexity index is 342. The van der Waals surface area contributed by atoms with Crippen molar-refractivity contribution >= 4 is 5.78 Å². The number of carbonyl (C=O) groups is 1. The minimum atomic E-state index is -0.0884. The molecule has 0 aliphatic heterocycles. The van der Waals surface area contributed by atoms with Crippen molar-refractivity contribution in [3.63, 3.8) is 0 Å². The lowest BCUT2D eigenvalue weighted by Gasteiger charge is -2.12. The Kier molecular flexibility index (Phi) is 5.92. The summed E-state index contributed by atoms with van der Waals surface area (Å²) in [4.78, 5) is 12.1. The van der Waals surface area contributed by atoms with E-state index in [4.69, 9.17) is 0 Å². The van der Waals surface area contributed by atoms with Gasteiger partial charge in [0, 0.05) is 5.56 Å². The van der Waals surface area contributed by atoms with E-state index in [1.54, 1.807) is 0 Å². The molecule has 1 atom stereocenters. The van der Waals surface area contributed by atoms with Gasteiger partial charge in [-0.1, -0.05) is 49.6 Å². The van der Waals surface area contributed by atoms with Crippen LogP contribution in [-0.2, 0) is 0 Å². The van der Waals surface area contributed by atoms with Crippen LogP contribution >= 0.6 is 0 Å². The van der Waals surface area contributed by atoms with E-state index in [1.165, 1.54) is 18.4 Å². The summed E-state index contributed by atoms with van der Waals surface area (Å²) in [6.07, 6.45) is 3.57. The van der Waals surface area contributed by atoms with Gasteiger partial charge in [0.15, 0.2) is 5.78 Å². The van der Waals surface area contributed by atoms with Crippen LogP contribution in [0.3, 0.4) is 0 Å². The highest BCUT2D eigenvalue weighted by Gasteiger charge is 2.13. The van der Waals surface area contributed by atoms with Gasteiger partial charge in [-0.3, -0.25) is 4.79 Å². The highest BCUT2D eigenvalue weighted by atomic mass is 16.1. The van der Waals surface area contributed by atoms with Gasteiger partial charge < -0.3 is 5.32 Å². The molecule has 0 aliphatic carbocycles. The smallest absolute Gasteiger partial charge is 0.179 e. The molecule has 1 N–H and O–H groups in total. The largest absolute Gasteiger partial charge is 0.307 e. The van der Waals surface area contributed by atoms with E-state index < -0.39 is 0 Å². The number of aryl methyl sites for hydroxylation is 1. The quantitative estimate of drug-likeness (QED) is 0.578. The fraction of sp³-hybridized carbons (Fsp3) is 0.533. The number of ketones is 1. The predicted molar refractivity (Wildman–Crippen MR) is 72.5 cm³/mol. The molecule has 0 heterocycles. The van der Waals surface area contributed by atoms with Crippen LogP contribution in [0.2, 0.25) is 0 Å². The average Bonchev–Trinajstić information content (AvgIpc) is 2.34. The maximum absolute atomic E-state index is 12.1. The first-order valence-corrected chi connectivity index (χ1v) is 6.49. The summed E-state index contributed by atoms with van der Waals surface area (Å²) in [5, 5.41) is 3.28. The zero-order chi connectivity index (χ0) is 12.7. The zero-order valence-electron chi connectivity index (χ0n) is 11.1. The molecule has 1 aromatic rings. The van der Waals surface area contributed by atoms with Crippen molar-refractivity contribution in [2.75, 3.05) is 6.54 Å². The van der Waals surface area contributed by atoms with E-state index in [2.05, 4.69) is 12.2 Å². The van der Waals surface area contributed by atoms with Gasteiger partial charge in [-0.2, -0.15) is 0 Å². The van der Waals surface area contributed by atoms with Crippen molar-refractivity contribution in [1.29, 1.82) is 0 Å². The monoisotopic (exact) mass is 233 g/mol. The molecule has 0 saturated carbocycles. The van der Waals surface area contributed by atoms with Crippen molar-refractivity contribution in [3.8, 4) is 0 Å². The van der Waals surface area contributed by atoms with E-state index in [-0.39, 0.29) is 11.8 Å². The van der Waals surface area contributed by atoms with Crippen molar-refractivity contribution in [2.45, 2.75) is 46.1 Å². The van der Waals surface area contributed by atoms with Crippen molar-refractivity contribution in [1.82, 2.24) is 5.32 Å². The second kappa shape index (κ2) is 7.23. The first-order chi connectivity index (χ1) is 8.15. The standard InChI is InChI=1S/C15H23NO/c1-4-5-6-11-16-13(3)15(17)14-9-7-12(2)8-10-14/h7-10,13,16H,4-6,11H2,1-3H3. The minimum absolute atomic E-state index is 0.0884. The van der Waals surface area contributed by atoms with E-state index >= 15 is 0 Å². The maximum Gasteiger partial charge on any atom is 0.179 e. The number of nitrogens with one attached hydrogen (secondary N) is 1. The van der Waals surface area contributed by atoms with E-state index in [1.807, 2.05) is 38.1 Å². The molecule has 0 amide bonds. The summed E-state index contributed by atoms with van der Waals surface area (Å²) >= 11 is 0. The first-order valence-electron chi connectivity index (χ1n) is 6.49. The molecule has 0 radical (unpaired) electrons. The van der Waals surface area contributed by atoms with Crippen LogP contribution in [-0.4, -0.2) is 18.4 Å². The summed E-state index contributed by atoms with van der Waals surface area (Å²) in [7, 11) is 0. The van der Waals surface area contributed by atoms with Gasteiger partial charge in [0.2, 0.25) is 0 Å². The van der Waals surface area contributed by atoms with Crippen LogP contribution in [0, 0.1) is 6.92 Å². The molecule has 1 aromatic carbocycles. The molecular formula is C15H23NO. The Morgan fingerprint density at radius 3 is 2.47 bits per heavy atom. The molecule has 2 nitrogen and oxygen atoms in total. The molecular weight excluding hydrogens is 210 g/mol. The van der Waals surface area contributed by atoms with Gasteiger partial charge in [0.1, 0.15) is 0 Å². The third kappa shape index (κ3) is 4.70. The summed E-state index contributed by atoms with van der Waals surface area (Å²) < 4.78 is 0. The molecule has 94 valence electrons. The number of hydrogen-bond acceptors (Lipinski definition) is 2. The second-order valence-electron chi connectivity index (χ2n) is 4.61. The number of unbranched alkanes of at least 4 members (excludes halogenated alkanes) is 2. The molecule has 0 bridgehead atoms. The Labute approximate surface area is 104 Å². The normalized spacial score (nSPS) is 12.4. The third-order valence-corrected chi connectivity index (χ3v) is 2.96. The number of hydrogen-bond donors (Lipinski definition) is 1. The van der Waals surface area contributed by atoms with Gasteiger partial charge in [-0.05, 0) is 26.8 Å². The summed E-state index contributed by atoms with van der Waals surface area (Å²) in [5.41, 5.74) is 1.98. The lowest BCUT2D eigenvalue weighted by Crippen LogP contribution is -2.34. The summed E-state index contributed by atoms with van der Waals surface area (Å²) in [5.74, 6) is 0.182. The van der Waals surface area contributed by atoms with Crippen molar-refractivity contribution in [2.24, 2.45) is 0 Å². The Morgan fingerprint density at radius 2 is 1.88 bits per heavy atom. The number of carbonyl (C=O) groups excluding carboxylic acids is 1. The molecule has 0 aromatic heterocycles. The summed E-state index contributed by atoms with van der Waals surface area (Å²) in [6, 6.07) is 7.69. The molecule has 17 heavy (non-hydrogen) atoms. The maximum atomic E-state index is 12.1. The molecule has 1 rings (SSSR count).